The number of ether oxygens (including phenoxy) is 1. The molecule has 23 heavy (non-hydrogen) atoms. The zero-order valence-corrected chi connectivity index (χ0v) is 13.9. The fraction of sp³-hybridized carbons (Fsp3) is 0.438. The second kappa shape index (κ2) is 7.73. The highest BCUT2D eigenvalue weighted by molar-refractivity contribution is 5.94. The van der Waals surface area contributed by atoms with E-state index in [-0.39, 0.29) is 11.9 Å². The molecule has 1 heterocycles. The highest BCUT2D eigenvalue weighted by Gasteiger charge is 2.23. The first-order valence-electron chi connectivity index (χ1n) is 7.47. The lowest BCUT2D eigenvalue weighted by Gasteiger charge is -2.24. The molecule has 0 saturated carbocycles. The average Bonchev–Trinajstić information content (AvgIpc) is 2.93. The molecule has 0 aliphatic heterocycles. The second-order valence-corrected chi connectivity index (χ2v) is 5.27. The van der Waals surface area contributed by atoms with Crippen LogP contribution < -0.4 is 10.1 Å². The zero-order valence-electron chi connectivity index (χ0n) is 13.9. The van der Waals surface area contributed by atoms with Crippen LogP contribution in [0.2, 0.25) is 0 Å². The number of carbonyl (C=O) groups is 1. The lowest BCUT2D eigenvalue weighted by Crippen LogP contribution is -2.41. The third-order valence-corrected chi connectivity index (χ3v) is 3.53. The van der Waals surface area contributed by atoms with Gasteiger partial charge >= 0.3 is 0 Å². The number of aryl methyl sites for hydroxylation is 1. The van der Waals surface area contributed by atoms with Gasteiger partial charge in [-0.3, -0.25) is 9.69 Å². The van der Waals surface area contributed by atoms with E-state index in [0.29, 0.717) is 24.7 Å². The van der Waals surface area contributed by atoms with Crippen molar-refractivity contribution in [2.45, 2.75) is 32.9 Å². The van der Waals surface area contributed by atoms with Crippen LogP contribution in [-0.4, -0.2) is 41.2 Å². The molecule has 124 valence electrons. The van der Waals surface area contributed by atoms with Crippen LogP contribution >= 0.6 is 0 Å². The van der Waals surface area contributed by atoms with Crippen LogP contribution in [0.15, 0.2) is 28.7 Å². The largest absolute Gasteiger partial charge is 0.497 e. The Labute approximate surface area is 135 Å². The number of nitrogens with one attached hydrogen (secondary N) is 1. The first-order chi connectivity index (χ1) is 11.0. The summed E-state index contributed by atoms with van der Waals surface area (Å²) in [5.74, 6) is 1.69. The zero-order chi connectivity index (χ0) is 16.8. The van der Waals surface area contributed by atoms with Crippen LogP contribution in [0.5, 0.6) is 5.75 Å². The standard InChI is InChI=1S/C16H22N4O3/c1-5-14(20(3)10-15-19-18-11(2)23-15)16(21)17-12-6-8-13(22-4)9-7-12/h6-9,14H,5,10H2,1-4H3,(H,17,21)/t14-/m1/s1. The molecular weight excluding hydrogens is 296 g/mol. The summed E-state index contributed by atoms with van der Waals surface area (Å²) in [7, 11) is 3.47. The highest BCUT2D eigenvalue weighted by atomic mass is 16.5. The molecule has 1 atom stereocenters. The minimum atomic E-state index is -0.288. The summed E-state index contributed by atoms with van der Waals surface area (Å²) in [4.78, 5) is 14.4. The van der Waals surface area contributed by atoms with Gasteiger partial charge in [-0.2, -0.15) is 0 Å². The monoisotopic (exact) mass is 318 g/mol. The number of carbonyl (C=O) groups excluding carboxylic acids is 1. The summed E-state index contributed by atoms with van der Waals surface area (Å²) in [5.41, 5.74) is 0.733. The van der Waals surface area contributed by atoms with Gasteiger partial charge in [0.2, 0.25) is 17.7 Å². The fourth-order valence-corrected chi connectivity index (χ4v) is 2.32. The van der Waals surface area contributed by atoms with E-state index in [1.165, 1.54) is 0 Å². The summed E-state index contributed by atoms with van der Waals surface area (Å²) < 4.78 is 10.5. The van der Waals surface area contributed by atoms with Crippen LogP contribution in [0.3, 0.4) is 0 Å². The van der Waals surface area contributed by atoms with Gasteiger partial charge in [-0.05, 0) is 37.7 Å². The Balaban J connectivity index is 1.98. The molecule has 1 amide bonds. The SMILES string of the molecule is CC[C@H](C(=O)Nc1ccc(OC)cc1)N(C)Cc1nnc(C)o1. The Kier molecular flexibility index (Phi) is 5.70. The molecule has 7 nitrogen and oxygen atoms in total. The number of likely N-dealkylation sites (N-methyl/N-ethyl adjacent to an activating group) is 1. The summed E-state index contributed by atoms with van der Waals surface area (Å²) >= 11 is 0. The number of amides is 1. The maximum absolute atomic E-state index is 12.5. The van der Waals surface area contributed by atoms with E-state index >= 15 is 0 Å². The molecule has 2 aromatic rings. The van der Waals surface area contributed by atoms with Crippen LogP contribution in [-0.2, 0) is 11.3 Å². The topological polar surface area (TPSA) is 80.5 Å². The van der Waals surface area contributed by atoms with E-state index in [2.05, 4.69) is 15.5 Å². The third-order valence-electron chi connectivity index (χ3n) is 3.53. The molecule has 0 spiro atoms. The Bertz CT molecular complexity index is 639. The minimum absolute atomic E-state index is 0.0728. The fourth-order valence-electron chi connectivity index (χ4n) is 2.32. The van der Waals surface area contributed by atoms with E-state index in [0.717, 1.165) is 11.4 Å². The maximum atomic E-state index is 12.5. The van der Waals surface area contributed by atoms with E-state index in [1.807, 2.05) is 43.1 Å². The van der Waals surface area contributed by atoms with Crippen molar-refractivity contribution in [3.8, 4) is 5.75 Å². The highest BCUT2D eigenvalue weighted by Crippen LogP contribution is 2.16. The van der Waals surface area contributed by atoms with Gasteiger partial charge < -0.3 is 14.5 Å². The molecule has 0 saturated heterocycles. The predicted molar refractivity (Wildman–Crippen MR) is 86.2 cm³/mol. The van der Waals surface area contributed by atoms with E-state index in [1.54, 1.807) is 14.0 Å². The third kappa shape index (κ3) is 4.53. The van der Waals surface area contributed by atoms with Crippen molar-refractivity contribution in [2.75, 3.05) is 19.5 Å². The average molecular weight is 318 g/mol. The van der Waals surface area contributed by atoms with Crippen molar-refractivity contribution < 1.29 is 13.9 Å². The number of methoxy groups -OCH3 is 1. The first-order valence-corrected chi connectivity index (χ1v) is 7.47. The Hall–Kier alpha value is -2.41. The molecular formula is C16H22N4O3. The van der Waals surface area contributed by atoms with Gasteiger partial charge in [-0.1, -0.05) is 6.92 Å². The normalized spacial score (nSPS) is 12.2. The van der Waals surface area contributed by atoms with Gasteiger partial charge in [-0.25, -0.2) is 0 Å². The van der Waals surface area contributed by atoms with Crippen molar-refractivity contribution in [1.29, 1.82) is 0 Å². The molecule has 7 heteroatoms. The van der Waals surface area contributed by atoms with Crippen molar-refractivity contribution in [1.82, 2.24) is 15.1 Å². The van der Waals surface area contributed by atoms with E-state index in [4.69, 9.17) is 9.15 Å². The number of rotatable bonds is 7. The van der Waals surface area contributed by atoms with Crippen LogP contribution in [0, 0.1) is 6.92 Å². The lowest BCUT2D eigenvalue weighted by atomic mass is 10.1. The minimum Gasteiger partial charge on any atom is -0.497 e. The molecule has 0 radical (unpaired) electrons. The van der Waals surface area contributed by atoms with Gasteiger partial charge in [0.1, 0.15) is 5.75 Å². The Morgan fingerprint density at radius 1 is 1.35 bits per heavy atom. The van der Waals surface area contributed by atoms with Gasteiger partial charge in [0.15, 0.2) is 0 Å². The Morgan fingerprint density at radius 3 is 2.57 bits per heavy atom. The molecule has 0 aliphatic rings. The summed E-state index contributed by atoms with van der Waals surface area (Å²) in [6.07, 6.45) is 0.672. The van der Waals surface area contributed by atoms with Crippen LogP contribution in [0.25, 0.3) is 0 Å². The molecule has 0 unspecified atom stereocenters. The quantitative estimate of drug-likeness (QED) is 0.843. The molecule has 1 N–H and O–H groups in total. The van der Waals surface area contributed by atoms with Gasteiger partial charge in [0.05, 0.1) is 19.7 Å². The van der Waals surface area contributed by atoms with Crippen molar-refractivity contribution >= 4 is 11.6 Å². The van der Waals surface area contributed by atoms with E-state index < -0.39 is 0 Å². The van der Waals surface area contributed by atoms with Gasteiger partial charge in [0.25, 0.3) is 0 Å². The van der Waals surface area contributed by atoms with Crippen LogP contribution in [0.4, 0.5) is 5.69 Å². The first kappa shape index (κ1) is 17.0. The second-order valence-electron chi connectivity index (χ2n) is 5.27. The number of anilines is 1. The number of nitrogens with zero attached hydrogens (tertiary/aromatic N) is 3. The van der Waals surface area contributed by atoms with E-state index in [9.17, 15) is 4.79 Å². The maximum Gasteiger partial charge on any atom is 0.241 e. The lowest BCUT2D eigenvalue weighted by molar-refractivity contribution is -0.121. The molecule has 0 aliphatic carbocycles. The van der Waals surface area contributed by atoms with Gasteiger partial charge in [-0.15, -0.1) is 10.2 Å². The number of benzene rings is 1. The molecule has 2 rings (SSSR count). The molecule has 1 aromatic heterocycles. The number of hydrogen-bond acceptors (Lipinski definition) is 6. The number of aromatic nitrogens is 2. The van der Waals surface area contributed by atoms with Gasteiger partial charge in [0, 0.05) is 12.6 Å². The van der Waals surface area contributed by atoms with Crippen molar-refractivity contribution in [3.63, 3.8) is 0 Å². The van der Waals surface area contributed by atoms with Crippen molar-refractivity contribution in [2.24, 2.45) is 0 Å². The summed E-state index contributed by atoms with van der Waals surface area (Å²) in [5, 5.41) is 10.7. The number of hydrogen-bond donors (Lipinski definition) is 1. The predicted octanol–water partition coefficient (Wildman–Crippen LogP) is 2.24. The molecule has 0 bridgehead atoms. The molecule has 0 fully saturated rings. The molecule has 1 aromatic carbocycles. The van der Waals surface area contributed by atoms with Crippen LogP contribution in [0.1, 0.15) is 25.1 Å². The summed E-state index contributed by atoms with van der Waals surface area (Å²) in [6.45, 7) is 4.13. The summed E-state index contributed by atoms with van der Waals surface area (Å²) in [6, 6.07) is 6.95. The smallest absolute Gasteiger partial charge is 0.241 e. The Morgan fingerprint density at radius 2 is 2.04 bits per heavy atom. The van der Waals surface area contributed by atoms with Crippen molar-refractivity contribution in [3.05, 3.63) is 36.0 Å².